The first-order valence-electron chi connectivity index (χ1n) is 7.57. The van der Waals surface area contributed by atoms with Crippen LogP contribution in [0.15, 0.2) is 0 Å². The van der Waals surface area contributed by atoms with Gasteiger partial charge in [0.25, 0.3) is 0 Å². The topological polar surface area (TPSA) is 37.4 Å². The third kappa shape index (κ3) is 5.77. The molecule has 6 heteroatoms. The molecule has 0 saturated heterocycles. The molecule has 1 N–H and O–H groups in total. The average Bonchev–Trinajstić information content (AvgIpc) is 2.88. The molecule has 0 aromatic carbocycles. The molecule has 1 aromatic rings. The van der Waals surface area contributed by atoms with E-state index in [4.69, 9.17) is 9.72 Å². The molecule has 0 aliphatic carbocycles. The number of methoxy groups -OCH3 is 1. The summed E-state index contributed by atoms with van der Waals surface area (Å²) in [6.07, 6.45) is 4.45. The number of aromatic nitrogens is 1. The molecule has 21 heavy (non-hydrogen) atoms. The molecule has 0 aliphatic heterocycles. The van der Waals surface area contributed by atoms with E-state index >= 15 is 0 Å². The molecule has 1 heterocycles. The van der Waals surface area contributed by atoms with Gasteiger partial charge in [-0.3, -0.25) is 0 Å². The third-order valence-electron chi connectivity index (χ3n) is 3.44. The number of hydrogen-bond acceptors (Lipinski definition) is 6. The van der Waals surface area contributed by atoms with Crippen LogP contribution in [0.5, 0.6) is 0 Å². The van der Waals surface area contributed by atoms with Crippen molar-refractivity contribution >= 4 is 28.2 Å². The van der Waals surface area contributed by atoms with E-state index in [0.29, 0.717) is 12.6 Å². The summed E-state index contributed by atoms with van der Waals surface area (Å²) in [6.45, 7) is 6.94. The van der Waals surface area contributed by atoms with Crippen LogP contribution in [0.2, 0.25) is 0 Å². The van der Waals surface area contributed by atoms with Gasteiger partial charge in [-0.1, -0.05) is 13.8 Å². The summed E-state index contributed by atoms with van der Waals surface area (Å²) in [6, 6.07) is 0.540. The molecule has 0 fully saturated rings. The number of nitrogens with zero attached hydrogens (tertiary/aromatic N) is 2. The van der Waals surface area contributed by atoms with Crippen molar-refractivity contribution in [2.24, 2.45) is 0 Å². The smallest absolute Gasteiger partial charge is 0.185 e. The van der Waals surface area contributed by atoms with Crippen molar-refractivity contribution in [2.45, 2.75) is 45.9 Å². The van der Waals surface area contributed by atoms with Gasteiger partial charge in [0.15, 0.2) is 5.13 Å². The lowest BCUT2D eigenvalue weighted by atomic mass is 10.2. The van der Waals surface area contributed by atoms with Crippen LogP contribution in [0.25, 0.3) is 0 Å². The summed E-state index contributed by atoms with van der Waals surface area (Å²) >= 11 is 3.68. The van der Waals surface area contributed by atoms with E-state index in [-0.39, 0.29) is 0 Å². The van der Waals surface area contributed by atoms with Crippen LogP contribution < -0.4 is 10.2 Å². The summed E-state index contributed by atoms with van der Waals surface area (Å²) < 4.78 is 5.30. The quantitative estimate of drug-likeness (QED) is 0.629. The molecule has 4 nitrogen and oxygen atoms in total. The molecule has 0 spiro atoms. The Morgan fingerprint density at radius 3 is 2.76 bits per heavy atom. The average molecular weight is 332 g/mol. The fourth-order valence-electron chi connectivity index (χ4n) is 2.14. The fourth-order valence-corrected chi connectivity index (χ4v) is 4.05. The van der Waals surface area contributed by atoms with Crippen LogP contribution in [0.3, 0.4) is 0 Å². The fraction of sp³-hybridized carbons (Fsp3) is 0.800. The predicted molar refractivity (Wildman–Crippen MR) is 95.7 cm³/mol. The van der Waals surface area contributed by atoms with E-state index in [2.05, 4.69) is 37.4 Å². The third-order valence-corrected chi connectivity index (χ3v) is 5.35. The van der Waals surface area contributed by atoms with Crippen LogP contribution in [0.4, 0.5) is 5.13 Å². The van der Waals surface area contributed by atoms with E-state index < -0.39 is 0 Å². The summed E-state index contributed by atoms with van der Waals surface area (Å²) in [5.41, 5.74) is 1.08. The molecule has 0 saturated carbocycles. The first-order chi connectivity index (χ1) is 10.2. The summed E-state index contributed by atoms with van der Waals surface area (Å²) in [4.78, 5) is 8.42. The maximum absolute atomic E-state index is 5.30. The minimum Gasteiger partial charge on any atom is -0.378 e. The molecule has 1 rings (SSSR count). The number of anilines is 1. The zero-order valence-electron chi connectivity index (χ0n) is 13.9. The molecule has 0 bridgehead atoms. The van der Waals surface area contributed by atoms with Gasteiger partial charge in [-0.2, -0.15) is 11.8 Å². The Kier molecular flexibility index (Phi) is 9.31. The van der Waals surface area contributed by atoms with Crippen LogP contribution in [0, 0.1) is 0 Å². The summed E-state index contributed by atoms with van der Waals surface area (Å²) in [7, 11) is 3.89. The van der Waals surface area contributed by atoms with Crippen molar-refractivity contribution in [3.05, 3.63) is 10.6 Å². The highest BCUT2D eigenvalue weighted by Gasteiger charge is 2.19. The van der Waals surface area contributed by atoms with Crippen molar-refractivity contribution in [3.8, 4) is 0 Å². The number of thiazole rings is 1. The largest absolute Gasteiger partial charge is 0.378 e. The van der Waals surface area contributed by atoms with E-state index in [1.165, 1.54) is 4.88 Å². The Morgan fingerprint density at radius 1 is 1.43 bits per heavy atom. The van der Waals surface area contributed by atoms with Gasteiger partial charge in [-0.15, -0.1) is 11.3 Å². The van der Waals surface area contributed by atoms with Crippen LogP contribution >= 0.6 is 23.1 Å². The zero-order valence-corrected chi connectivity index (χ0v) is 15.6. The molecule has 0 aliphatic rings. The molecule has 122 valence electrons. The van der Waals surface area contributed by atoms with Crippen molar-refractivity contribution in [1.29, 1.82) is 0 Å². The molecule has 1 unspecified atom stereocenters. The van der Waals surface area contributed by atoms with Gasteiger partial charge >= 0.3 is 0 Å². The second-order valence-electron chi connectivity index (χ2n) is 5.10. The normalized spacial score (nSPS) is 12.6. The van der Waals surface area contributed by atoms with E-state index in [1.54, 1.807) is 18.4 Å². The molecule has 1 atom stereocenters. The number of hydrogen-bond donors (Lipinski definition) is 1. The van der Waals surface area contributed by atoms with Gasteiger partial charge < -0.3 is 15.0 Å². The van der Waals surface area contributed by atoms with Gasteiger partial charge in [0.2, 0.25) is 0 Å². The minimum absolute atomic E-state index is 0.540. The highest BCUT2D eigenvalue weighted by molar-refractivity contribution is 7.98. The second-order valence-corrected chi connectivity index (χ2v) is 7.08. The van der Waals surface area contributed by atoms with Crippen LogP contribution in [-0.4, -0.2) is 43.7 Å². The van der Waals surface area contributed by atoms with Crippen LogP contribution in [0.1, 0.15) is 37.3 Å². The first-order valence-corrected chi connectivity index (χ1v) is 9.78. The maximum Gasteiger partial charge on any atom is 0.185 e. The minimum atomic E-state index is 0.540. The molecular weight excluding hydrogens is 302 g/mol. The second kappa shape index (κ2) is 10.4. The number of thioether (sulfide) groups is 1. The zero-order chi connectivity index (χ0) is 15.7. The van der Waals surface area contributed by atoms with E-state index in [9.17, 15) is 0 Å². The molecule has 0 radical (unpaired) electrons. The monoisotopic (exact) mass is 331 g/mol. The lowest BCUT2D eigenvalue weighted by molar-refractivity contribution is 0.181. The highest BCUT2D eigenvalue weighted by Crippen LogP contribution is 2.28. The first kappa shape index (κ1) is 18.7. The Morgan fingerprint density at radius 2 is 2.19 bits per heavy atom. The van der Waals surface area contributed by atoms with Gasteiger partial charge in [0, 0.05) is 37.4 Å². The van der Waals surface area contributed by atoms with Gasteiger partial charge in [-0.05, 0) is 25.6 Å². The SMILES string of the molecule is CCCNCc1sc(N(C)C(CC)CSC)nc1COC. The Balaban J connectivity index is 2.83. The van der Waals surface area contributed by atoms with Gasteiger partial charge in [0.1, 0.15) is 0 Å². The van der Waals surface area contributed by atoms with Crippen molar-refractivity contribution < 1.29 is 4.74 Å². The van der Waals surface area contributed by atoms with Gasteiger partial charge in [-0.25, -0.2) is 4.98 Å². The molecular formula is C15H29N3OS2. The lowest BCUT2D eigenvalue weighted by Crippen LogP contribution is -2.33. The number of rotatable bonds is 11. The van der Waals surface area contributed by atoms with Crippen LogP contribution in [-0.2, 0) is 17.9 Å². The lowest BCUT2D eigenvalue weighted by Gasteiger charge is -2.26. The Hall–Kier alpha value is -0.300. The Labute approximate surface area is 137 Å². The number of ether oxygens (including phenoxy) is 1. The van der Waals surface area contributed by atoms with E-state index in [0.717, 1.165) is 42.5 Å². The predicted octanol–water partition coefficient (Wildman–Crippen LogP) is 3.37. The maximum atomic E-state index is 5.30. The summed E-state index contributed by atoms with van der Waals surface area (Å²) in [5, 5.41) is 4.57. The van der Waals surface area contributed by atoms with E-state index in [1.807, 2.05) is 11.8 Å². The van der Waals surface area contributed by atoms with Gasteiger partial charge in [0.05, 0.1) is 12.3 Å². The van der Waals surface area contributed by atoms with Crippen molar-refractivity contribution in [3.63, 3.8) is 0 Å². The number of nitrogens with one attached hydrogen (secondary N) is 1. The highest BCUT2D eigenvalue weighted by atomic mass is 32.2. The molecule has 0 amide bonds. The summed E-state index contributed by atoms with van der Waals surface area (Å²) in [5.74, 6) is 1.13. The molecule has 1 aromatic heterocycles. The van der Waals surface area contributed by atoms with Crippen molar-refractivity contribution in [1.82, 2.24) is 10.3 Å². The Bertz CT molecular complexity index is 398. The van der Waals surface area contributed by atoms with Crippen molar-refractivity contribution in [2.75, 3.05) is 37.6 Å². The standard InChI is InChI=1S/C15H29N3OS2/c1-6-8-16-9-14-13(10-19-4)17-15(21-14)18(3)12(7-2)11-20-5/h12,16H,6-11H2,1-5H3.